The molecule has 0 radical (unpaired) electrons. The van der Waals surface area contributed by atoms with E-state index >= 15 is 0 Å². The SMILES string of the molecule is CCc1ccc(CC(=O)CNCC(F)(F)F)cc1. The third-order valence-electron chi connectivity index (χ3n) is 2.48. The molecule has 18 heavy (non-hydrogen) atoms. The molecule has 0 bridgehead atoms. The Kier molecular flexibility index (Phi) is 5.34. The molecule has 5 heteroatoms. The minimum Gasteiger partial charge on any atom is -0.302 e. The van der Waals surface area contributed by atoms with Crippen LogP contribution in [0.1, 0.15) is 18.1 Å². The van der Waals surface area contributed by atoms with Crippen LogP contribution in [0.25, 0.3) is 0 Å². The first-order valence-corrected chi connectivity index (χ1v) is 5.77. The molecule has 0 unspecified atom stereocenters. The van der Waals surface area contributed by atoms with Crippen molar-refractivity contribution >= 4 is 5.78 Å². The zero-order valence-electron chi connectivity index (χ0n) is 10.2. The van der Waals surface area contributed by atoms with Gasteiger partial charge in [-0.3, -0.25) is 4.79 Å². The number of nitrogens with one attached hydrogen (secondary N) is 1. The predicted molar refractivity (Wildman–Crippen MR) is 63.5 cm³/mol. The quantitative estimate of drug-likeness (QED) is 0.850. The first-order valence-electron chi connectivity index (χ1n) is 5.77. The maximum atomic E-state index is 11.8. The Hall–Kier alpha value is -1.36. The average Bonchev–Trinajstić information content (AvgIpc) is 2.28. The van der Waals surface area contributed by atoms with Crippen LogP contribution in [0.3, 0.4) is 0 Å². The summed E-state index contributed by atoms with van der Waals surface area (Å²) in [4.78, 5) is 11.4. The van der Waals surface area contributed by atoms with E-state index in [-0.39, 0.29) is 18.7 Å². The number of halogens is 3. The molecule has 0 aromatic heterocycles. The monoisotopic (exact) mass is 259 g/mol. The highest BCUT2D eigenvalue weighted by Gasteiger charge is 2.26. The number of carbonyl (C=O) groups excluding carboxylic acids is 1. The largest absolute Gasteiger partial charge is 0.401 e. The van der Waals surface area contributed by atoms with Crippen LogP contribution in [-0.2, 0) is 17.6 Å². The number of rotatable bonds is 6. The lowest BCUT2D eigenvalue weighted by molar-refractivity contribution is -0.127. The van der Waals surface area contributed by atoms with E-state index in [1.807, 2.05) is 31.2 Å². The average molecular weight is 259 g/mol. The zero-order chi connectivity index (χ0) is 13.6. The maximum Gasteiger partial charge on any atom is 0.401 e. The smallest absolute Gasteiger partial charge is 0.302 e. The molecule has 0 fully saturated rings. The molecule has 1 aromatic carbocycles. The molecule has 0 aliphatic rings. The van der Waals surface area contributed by atoms with Crippen LogP contribution in [0.2, 0.25) is 0 Å². The van der Waals surface area contributed by atoms with E-state index in [0.717, 1.165) is 12.0 Å². The second-order valence-corrected chi connectivity index (χ2v) is 4.10. The molecule has 0 heterocycles. The number of carbonyl (C=O) groups is 1. The predicted octanol–water partition coefficient (Wildman–Crippen LogP) is 2.51. The first kappa shape index (κ1) is 14.7. The number of hydrogen-bond acceptors (Lipinski definition) is 2. The van der Waals surface area contributed by atoms with Gasteiger partial charge >= 0.3 is 6.18 Å². The van der Waals surface area contributed by atoms with E-state index in [1.54, 1.807) is 0 Å². The third kappa shape index (κ3) is 5.82. The third-order valence-corrected chi connectivity index (χ3v) is 2.48. The molecule has 0 spiro atoms. The van der Waals surface area contributed by atoms with E-state index in [0.29, 0.717) is 0 Å². The van der Waals surface area contributed by atoms with Crippen molar-refractivity contribution in [1.29, 1.82) is 0 Å². The van der Waals surface area contributed by atoms with Gasteiger partial charge in [0.15, 0.2) is 5.78 Å². The number of ketones is 1. The van der Waals surface area contributed by atoms with Crippen LogP contribution in [0.4, 0.5) is 13.2 Å². The highest BCUT2D eigenvalue weighted by atomic mass is 19.4. The number of hydrogen-bond donors (Lipinski definition) is 1. The Balaban J connectivity index is 2.35. The number of benzene rings is 1. The van der Waals surface area contributed by atoms with Gasteiger partial charge in [-0.2, -0.15) is 13.2 Å². The van der Waals surface area contributed by atoms with E-state index in [4.69, 9.17) is 0 Å². The Labute approximate surface area is 104 Å². The van der Waals surface area contributed by atoms with Crippen molar-refractivity contribution in [3.63, 3.8) is 0 Å². The molecular weight excluding hydrogens is 243 g/mol. The molecule has 0 saturated carbocycles. The molecule has 0 saturated heterocycles. The zero-order valence-corrected chi connectivity index (χ0v) is 10.2. The van der Waals surface area contributed by atoms with Crippen molar-refractivity contribution in [2.45, 2.75) is 25.9 Å². The molecule has 100 valence electrons. The fourth-order valence-electron chi connectivity index (χ4n) is 1.53. The molecule has 0 aliphatic heterocycles. The van der Waals surface area contributed by atoms with Gasteiger partial charge in [-0.15, -0.1) is 0 Å². The second-order valence-electron chi connectivity index (χ2n) is 4.10. The molecule has 0 atom stereocenters. The summed E-state index contributed by atoms with van der Waals surface area (Å²) >= 11 is 0. The minimum absolute atomic E-state index is 0.162. The van der Waals surface area contributed by atoms with Gasteiger partial charge in [0.05, 0.1) is 13.1 Å². The molecule has 1 rings (SSSR count). The summed E-state index contributed by atoms with van der Waals surface area (Å²) in [5.41, 5.74) is 1.99. The van der Waals surface area contributed by atoms with Gasteiger partial charge in [0.2, 0.25) is 0 Å². The summed E-state index contributed by atoms with van der Waals surface area (Å²) in [7, 11) is 0. The van der Waals surface area contributed by atoms with Crippen molar-refractivity contribution < 1.29 is 18.0 Å². The molecule has 1 aromatic rings. The van der Waals surface area contributed by atoms with Gasteiger partial charge in [0.1, 0.15) is 0 Å². The fraction of sp³-hybridized carbons (Fsp3) is 0.462. The van der Waals surface area contributed by atoms with Crippen LogP contribution in [0.5, 0.6) is 0 Å². The van der Waals surface area contributed by atoms with Crippen LogP contribution >= 0.6 is 0 Å². The van der Waals surface area contributed by atoms with E-state index in [1.165, 1.54) is 5.56 Å². The number of Topliss-reactive ketones (excluding diaryl/α,β-unsaturated/α-hetero) is 1. The summed E-state index contributed by atoms with van der Waals surface area (Å²) in [5.74, 6) is -0.247. The lowest BCUT2D eigenvalue weighted by atomic mass is 10.1. The standard InChI is InChI=1S/C13H16F3NO/c1-2-10-3-5-11(6-4-10)7-12(18)8-17-9-13(14,15)16/h3-6,17H,2,7-9H2,1H3. The van der Waals surface area contributed by atoms with Gasteiger partial charge in [-0.25, -0.2) is 0 Å². The van der Waals surface area contributed by atoms with Crippen molar-refractivity contribution in [2.24, 2.45) is 0 Å². The summed E-state index contributed by atoms with van der Waals surface area (Å²) in [6.07, 6.45) is -3.20. The van der Waals surface area contributed by atoms with Crippen molar-refractivity contribution in [3.05, 3.63) is 35.4 Å². The Morgan fingerprint density at radius 2 is 1.72 bits per heavy atom. The molecule has 2 nitrogen and oxygen atoms in total. The minimum atomic E-state index is -4.27. The lowest BCUT2D eigenvalue weighted by Crippen LogP contribution is -2.33. The topological polar surface area (TPSA) is 29.1 Å². The fourth-order valence-corrected chi connectivity index (χ4v) is 1.53. The van der Waals surface area contributed by atoms with Gasteiger partial charge in [0, 0.05) is 6.42 Å². The maximum absolute atomic E-state index is 11.8. The van der Waals surface area contributed by atoms with Crippen LogP contribution in [-0.4, -0.2) is 25.0 Å². The molecule has 0 amide bonds. The second kappa shape index (κ2) is 6.54. The lowest BCUT2D eigenvalue weighted by Gasteiger charge is -2.07. The van der Waals surface area contributed by atoms with Gasteiger partial charge < -0.3 is 5.32 Å². The van der Waals surface area contributed by atoms with E-state index in [2.05, 4.69) is 5.32 Å². The first-order chi connectivity index (χ1) is 8.40. The van der Waals surface area contributed by atoms with Crippen LogP contribution in [0.15, 0.2) is 24.3 Å². The van der Waals surface area contributed by atoms with E-state index < -0.39 is 12.7 Å². The van der Waals surface area contributed by atoms with Gasteiger partial charge in [0.25, 0.3) is 0 Å². The Morgan fingerprint density at radius 1 is 1.17 bits per heavy atom. The highest BCUT2D eigenvalue weighted by molar-refractivity contribution is 5.82. The highest BCUT2D eigenvalue weighted by Crippen LogP contribution is 2.12. The van der Waals surface area contributed by atoms with Crippen molar-refractivity contribution in [3.8, 4) is 0 Å². The van der Waals surface area contributed by atoms with Gasteiger partial charge in [-0.1, -0.05) is 31.2 Å². The summed E-state index contributed by atoms with van der Waals surface area (Å²) < 4.78 is 35.5. The van der Waals surface area contributed by atoms with Crippen LogP contribution < -0.4 is 5.32 Å². The number of alkyl halides is 3. The molecule has 1 N–H and O–H groups in total. The van der Waals surface area contributed by atoms with Crippen molar-refractivity contribution in [2.75, 3.05) is 13.1 Å². The van der Waals surface area contributed by atoms with Crippen LogP contribution in [0, 0.1) is 0 Å². The summed E-state index contributed by atoms with van der Waals surface area (Å²) in [6, 6.07) is 7.51. The van der Waals surface area contributed by atoms with E-state index in [9.17, 15) is 18.0 Å². The molecule has 0 aliphatic carbocycles. The molecular formula is C13H16F3NO. The van der Waals surface area contributed by atoms with Gasteiger partial charge in [-0.05, 0) is 17.5 Å². The Morgan fingerprint density at radius 3 is 2.22 bits per heavy atom. The Bertz CT molecular complexity index is 384. The number of aryl methyl sites for hydroxylation is 1. The van der Waals surface area contributed by atoms with Crippen molar-refractivity contribution in [1.82, 2.24) is 5.32 Å². The summed E-state index contributed by atoms with van der Waals surface area (Å²) in [6.45, 7) is 0.643. The summed E-state index contributed by atoms with van der Waals surface area (Å²) in [5, 5.41) is 2.09. The normalized spacial score (nSPS) is 11.6.